The third-order valence-electron chi connectivity index (χ3n) is 3.55. The summed E-state index contributed by atoms with van der Waals surface area (Å²) in [4.78, 5) is 31.9. The number of pyridine rings is 1. The average molecular weight is 344 g/mol. The molecule has 7 heteroatoms. The fraction of sp³-hybridized carbons (Fsp3) is 0.294. The number of carbonyl (C=O) groups excluding carboxylic acids is 2. The Bertz CT molecular complexity index is 755. The lowest BCUT2D eigenvalue weighted by molar-refractivity contribution is -0.111. The summed E-state index contributed by atoms with van der Waals surface area (Å²) in [7, 11) is 1.56. The lowest BCUT2D eigenvalue weighted by atomic mass is 10.1. The Morgan fingerprint density at radius 2 is 2.17 bits per heavy atom. The van der Waals surface area contributed by atoms with Crippen LogP contribution in [-0.4, -0.2) is 28.8 Å². The number of hydrogen-bond acceptors (Lipinski definition) is 5. The van der Waals surface area contributed by atoms with Gasteiger partial charge in [-0.3, -0.25) is 19.9 Å². The molecule has 0 fully saturated rings. The van der Waals surface area contributed by atoms with Crippen molar-refractivity contribution in [2.24, 2.45) is 0 Å². The van der Waals surface area contributed by atoms with Crippen LogP contribution in [0.2, 0.25) is 0 Å². The van der Waals surface area contributed by atoms with Gasteiger partial charge in [-0.05, 0) is 30.0 Å². The van der Waals surface area contributed by atoms with Crippen LogP contribution < -0.4 is 10.6 Å². The molecule has 2 N–H and O–H groups in total. The molecule has 0 aliphatic heterocycles. The van der Waals surface area contributed by atoms with Crippen molar-refractivity contribution in [1.29, 1.82) is 0 Å². The molecule has 0 unspecified atom stereocenters. The van der Waals surface area contributed by atoms with Crippen molar-refractivity contribution in [3.05, 3.63) is 46.7 Å². The zero-order chi connectivity index (χ0) is 17.5. The van der Waals surface area contributed by atoms with Crippen LogP contribution >= 0.6 is 11.3 Å². The maximum atomic E-state index is 12.0. The highest BCUT2D eigenvalue weighted by molar-refractivity contribution is 7.14. The van der Waals surface area contributed by atoms with Crippen LogP contribution in [0.25, 0.3) is 6.08 Å². The molecule has 2 amide bonds. The van der Waals surface area contributed by atoms with Crippen molar-refractivity contribution in [3.63, 3.8) is 0 Å². The highest BCUT2D eigenvalue weighted by Crippen LogP contribution is 2.23. The first-order valence-corrected chi connectivity index (χ1v) is 8.53. The van der Waals surface area contributed by atoms with E-state index in [0.717, 1.165) is 12.1 Å². The summed E-state index contributed by atoms with van der Waals surface area (Å²) in [6, 6.07) is 1.67. The maximum Gasteiger partial charge on any atom is 0.252 e. The Morgan fingerprint density at radius 1 is 1.38 bits per heavy atom. The molecule has 0 aromatic carbocycles. The van der Waals surface area contributed by atoms with Gasteiger partial charge in [0.15, 0.2) is 5.13 Å². The Hall–Kier alpha value is -2.54. The largest absolute Gasteiger partial charge is 0.355 e. The number of nitrogens with zero attached hydrogens (tertiary/aromatic N) is 2. The SMILES string of the molecule is CC[C@@H](C)c1csc(NC(=O)/C=C/c2cncc(C(=O)NC)c2)n1. The van der Waals surface area contributed by atoms with Gasteiger partial charge >= 0.3 is 0 Å². The maximum absolute atomic E-state index is 12.0. The number of anilines is 1. The zero-order valence-electron chi connectivity index (χ0n) is 13.9. The lowest BCUT2D eigenvalue weighted by Crippen LogP contribution is -2.17. The van der Waals surface area contributed by atoms with E-state index in [0.29, 0.717) is 22.2 Å². The topological polar surface area (TPSA) is 84.0 Å². The van der Waals surface area contributed by atoms with E-state index in [-0.39, 0.29) is 11.8 Å². The molecule has 0 saturated carbocycles. The van der Waals surface area contributed by atoms with Gasteiger partial charge in [-0.1, -0.05) is 13.8 Å². The summed E-state index contributed by atoms with van der Waals surface area (Å²) in [5.41, 5.74) is 2.10. The summed E-state index contributed by atoms with van der Waals surface area (Å²) in [6.07, 6.45) is 7.07. The predicted molar refractivity (Wildman–Crippen MR) is 96.1 cm³/mol. The molecule has 6 nitrogen and oxygen atoms in total. The van der Waals surface area contributed by atoms with Crippen molar-refractivity contribution in [1.82, 2.24) is 15.3 Å². The van der Waals surface area contributed by atoms with E-state index in [4.69, 9.17) is 0 Å². The monoisotopic (exact) mass is 344 g/mol. The number of hydrogen-bond donors (Lipinski definition) is 2. The predicted octanol–water partition coefficient (Wildman–Crippen LogP) is 3.06. The number of aromatic nitrogens is 2. The number of carbonyl (C=O) groups is 2. The van der Waals surface area contributed by atoms with Crippen molar-refractivity contribution in [2.75, 3.05) is 12.4 Å². The third kappa shape index (κ3) is 4.73. The van der Waals surface area contributed by atoms with Crippen LogP contribution in [0.1, 0.15) is 47.8 Å². The first-order valence-electron chi connectivity index (χ1n) is 7.65. The number of amides is 2. The average Bonchev–Trinajstić information content (AvgIpc) is 3.07. The molecule has 24 heavy (non-hydrogen) atoms. The Morgan fingerprint density at radius 3 is 2.88 bits per heavy atom. The van der Waals surface area contributed by atoms with Crippen LogP contribution in [0, 0.1) is 0 Å². The van der Waals surface area contributed by atoms with Gasteiger partial charge in [0.05, 0.1) is 11.3 Å². The van der Waals surface area contributed by atoms with Gasteiger partial charge in [0.1, 0.15) is 0 Å². The molecule has 1 atom stereocenters. The standard InChI is InChI=1S/C17H20N4O2S/c1-4-11(2)14-10-24-17(20-14)21-15(22)6-5-12-7-13(9-19-8-12)16(23)18-3/h5-11H,4H2,1-3H3,(H,18,23)(H,20,21,22)/b6-5+/t11-/m1/s1. The quantitative estimate of drug-likeness (QED) is 0.789. The van der Waals surface area contributed by atoms with Crippen molar-refractivity contribution < 1.29 is 9.59 Å². The van der Waals surface area contributed by atoms with Gasteiger partial charge in [-0.2, -0.15) is 0 Å². The van der Waals surface area contributed by atoms with Gasteiger partial charge in [0, 0.05) is 30.9 Å². The van der Waals surface area contributed by atoms with Crippen LogP contribution in [-0.2, 0) is 4.79 Å². The first-order chi connectivity index (χ1) is 11.5. The smallest absolute Gasteiger partial charge is 0.252 e. The minimum atomic E-state index is -0.273. The third-order valence-corrected chi connectivity index (χ3v) is 4.32. The number of rotatable bonds is 6. The molecule has 2 heterocycles. The Labute approximate surface area is 145 Å². The molecule has 126 valence electrons. The Kier molecular flexibility index (Phi) is 6.20. The molecule has 2 rings (SSSR count). The van der Waals surface area contributed by atoms with Gasteiger partial charge < -0.3 is 5.32 Å². The van der Waals surface area contributed by atoms with Crippen LogP contribution in [0.4, 0.5) is 5.13 Å². The van der Waals surface area contributed by atoms with Gasteiger partial charge in [-0.15, -0.1) is 11.3 Å². The highest BCUT2D eigenvalue weighted by atomic mass is 32.1. The molecular weight excluding hydrogens is 324 g/mol. The summed E-state index contributed by atoms with van der Waals surface area (Å²) in [5, 5.41) is 7.82. The minimum absolute atomic E-state index is 0.220. The van der Waals surface area contributed by atoms with E-state index in [1.54, 1.807) is 25.4 Å². The molecule has 0 saturated heterocycles. The molecule has 2 aromatic heterocycles. The van der Waals surface area contributed by atoms with E-state index in [9.17, 15) is 9.59 Å². The van der Waals surface area contributed by atoms with Crippen molar-refractivity contribution in [2.45, 2.75) is 26.2 Å². The molecule has 0 spiro atoms. The molecule has 0 aliphatic carbocycles. The Balaban J connectivity index is 2.00. The summed E-state index contributed by atoms with van der Waals surface area (Å²) < 4.78 is 0. The molecule has 2 aromatic rings. The van der Waals surface area contributed by atoms with E-state index in [1.165, 1.54) is 23.6 Å². The number of thiazole rings is 1. The van der Waals surface area contributed by atoms with E-state index in [2.05, 4.69) is 34.4 Å². The molecule has 0 radical (unpaired) electrons. The second-order valence-electron chi connectivity index (χ2n) is 5.30. The van der Waals surface area contributed by atoms with Crippen molar-refractivity contribution in [3.8, 4) is 0 Å². The molecular formula is C17H20N4O2S. The van der Waals surface area contributed by atoms with Crippen LogP contribution in [0.5, 0.6) is 0 Å². The number of nitrogens with one attached hydrogen (secondary N) is 2. The van der Waals surface area contributed by atoms with E-state index >= 15 is 0 Å². The van der Waals surface area contributed by atoms with Crippen LogP contribution in [0.15, 0.2) is 29.9 Å². The van der Waals surface area contributed by atoms with E-state index < -0.39 is 0 Å². The molecule has 0 aliphatic rings. The zero-order valence-corrected chi connectivity index (χ0v) is 14.7. The van der Waals surface area contributed by atoms with Gasteiger partial charge in [0.2, 0.25) is 5.91 Å². The summed E-state index contributed by atoms with van der Waals surface area (Å²) >= 11 is 1.41. The minimum Gasteiger partial charge on any atom is -0.355 e. The highest BCUT2D eigenvalue weighted by Gasteiger charge is 2.09. The fourth-order valence-electron chi connectivity index (χ4n) is 1.92. The van der Waals surface area contributed by atoms with Gasteiger partial charge in [0.25, 0.3) is 5.91 Å². The summed E-state index contributed by atoms with van der Waals surface area (Å²) in [6.45, 7) is 4.21. The van der Waals surface area contributed by atoms with Crippen LogP contribution in [0.3, 0.4) is 0 Å². The second kappa shape index (κ2) is 8.35. The second-order valence-corrected chi connectivity index (χ2v) is 6.15. The molecule has 0 bridgehead atoms. The van der Waals surface area contributed by atoms with E-state index in [1.807, 2.05) is 5.38 Å². The normalized spacial score (nSPS) is 12.1. The fourth-order valence-corrected chi connectivity index (χ4v) is 2.75. The lowest BCUT2D eigenvalue weighted by Gasteiger charge is -2.02. The summed E-state index contributed by atoms with van der Waals surface area (Å²) in [5.74, 6) is -0.117. The van der Waals surface area contributed by atoms with Crippen molar-refractivity contribution >= 4 is 34.4 Å². The first kappa shape index (κ1) is 17.8. The van der Waals surface area contributed by atoms with Gasteiger partial charge in [-0.25, -0.2) is 4.98 Å².